The smallest absolute Gasteiger partial charge is 0.159 e. The van der Waals surface area contributed by atoms with E-state index < -0.39 is 11.6 Å². The number of furan rings is 3. The molecule has 0 saturated carbocycles. The predicted molar refractivity (Wildman–Crippen MR) is 207 cm³/mol. The third-order valence-electron chi connectivity index (χ3n) is 11.0. The monoisotopic (exact) mass is 669 g/mol. The Labute approximate surface area is 296 Å². The number of hydrogen-bond acceptors (Lipinski definition) is 6. The van der Waals surface area contributed by atoms with Gasteiger partial charge in [-0.3, -0.25) is 0 Å². The van der Waals surface area contributed by atoms with Crippen molar-refractivity contribution in [2.75, 3.05) is 0 Å². The molecule has 0 radical (unpaired) electrons. The van der Waals surface area contributed by atoms with Gasteiger partial charge in [0.1, 0.15) is 44.7 Å². The summed E-state index contributed by atoms with van der Waals surface area (Å²) in [6, 6.07) is 52.5. The van der Waals surface area contributed by atoms with Crippen LogP contribution in [0.25, 0.3) is 65.8 Å². The van der Waals surface area contributed by atoms with Crippen LogP contribution in [0.1, 0.15) is 34.0 Å². The maximum atomic E-state index is 6.64. The fourth-order valence-electron chi connectivity index (χ4n) is 8.80. The summed E-state index contributed by atoms with van der Waals surface area (Å²) in [5.74, 6) is 1.41. The molecule has 52 heavy (non-hydrogen) atoms. The van der Waals surface area contributed by atoms with E-state index in [9.17, 15) is 0 Å². The fraction of sp³-hybridized carbons (Fsp3) is 0.0435. The van der Waals surface area contributed by atoms with E-state index in [0.717, 1.165) is 99.5 Å². The van der Waals surface area contributed by atoms with Crippen molar-refractivity contribution in [2.24, 2.45) is 9.98 Å². The van der Waals surface area contributed by atoms with Gasteiger partial charge in [-0.25, -0.2) is 9.98 Å². The molecule has 244 valence electrons. The highest BCUT2D eigenvalue weighted by atomic mass is 16.3. The Morgan fingerprint density at radius 1 is 0.500 bits per heavy atom. The normalized spacial score (nSPS) is 18.3. The molecular weight excluding hydrogens is 643 g/mol. The Morgan fingerprint density at radius 3 is 2.02 bits per heavy atom. The molecule has 2 aliphatic heterocycles. The van der Waals surface area contributed by atoms with Gasteiger partial charge >= 0.3 is 0 Å². The van der Waals surface area contributed by atoms with E-state index in [2.05, 4.69) is 115 Å². The van der Waals surface area contributed by atoms with Crippen molar-refractivity contribution in [2.45, 2.75) is 11.6 Å². The standard InChI is InChI=1S/C46H27N3O3/c1-2-11-26(12-3-1)46(27-23-24-37-33(25-27)29-14-5-6-19-35(29)50-37)34-18-10-22-39-41(34)40-31(16-9-21-38(40)51-39)43-47-44(49-45(46)48-43)32-17-8-15-30-28-13-4-7-20-36(28)52-42(30)32/h1-25,44H,(H,47,48,49). The lowest BCUT2D eigenvalue weighted by Gasteiger charge is -2.41. The minimum absolute atomic E-state index is 0.503. The number of fused-ring (bicyclic) bond motifs is 8. The number of nitrogens with one attached hydrogen (secondary N) is 1. The summed E-state index contributed by atoms with van der Waals surface area (Å²) in [4.78, 5) is 10.9. The van der Waals surface area contributed by atoms with Crippen molar-refractivity contribution in [3.63, 3.8) is 0 Å². The van der Waals surface area contributed by atoms with E-state index in [-0.39, 0.29) is 0 Å². The molecular formula is C46H27N3O3. The van der Waals surface area contributed by atoms with E-state index in [1.165, 1.54) is 0 Å². The predicted octanol–water partition coefficient (Wildman–Crippen LogP) is 11.2. The van der Waals surface area contributed by atoms with Crippen LogP contribution in [0, 0.1) is 0 Å². The number of hydrogen-bond donors (Lipinski definition) is 1. The molecule has 5 heterocycles. The highest BCUT2D eigenvalue weighted by molar-refractivity contribution is 6.26. The van der Waals surface area contributed by atoms with Crippen LogP contribution in [0.2, 0.25) is 0 Å². The molecule has 1 N–H and O–H groups in total. The molecule has 10 aromatic rings. The average Bonchev–Trinajstić information content (AvgIpc) is 3.89. The lowest BCUT2D eigenvalue weighted by atomic mass is 9.66. The first-order valence-corrected chi connectivity index (χ1v) is 17.5. The van der Waals surface area contributed by atoms with E-state index in [1.807, 2.05) is 42.5 Å². The summed E-state index contributed by atoms with van der Waals surface area (Å²) in [5, 5.41) is 10.2. The van der Waals surface area contributed by atoms with Crippen molar-refractivity contribution in [3.8, 4) is 0 Å². The van der Waals surface area contributed by atoms with Gasteiger partial charge in [0.05, 0.1) is 0 Å². The molecule has 0 saturated heterocycles. The van der Waals surface area contributed by atoms with E-state index in [4.69, 9.17) is 23.2 Å². The second kappa shape index (κ2) is 10.1. The van der Waals surface area contributed by atoms with Crippen molar-refractivity contribution >= 4 is 77.5 Å². The summed E-state index contributed by atoms with van der Waals surface area (Å²) in [6.45, 7) is 0. The van der Waals surface area contributed by atoms with Gasteiger partial charge in [-0.1, -0.05) is 115 Å². The number of aliphatic imine (C=N–C) groups is 2. The molecule has 0 fully saturated rings. The van der Waals surface area contributed by atoms with Crippen LogP contribution >= 0.6 is 0 Å². The molecule has 0 aliphatic carbocycles. The van der Waals surface area contributed by atoms with Gasteiger partial charge in [0.2, 0.25) is 0 Å². The molecule has 6 nitrogen and oxygen atoms in total. The summed E-state index contributed by atoms with van der Waals surface area (Å²) in [7, 11) is 0. The van der Waals surface area contributed by atoms with Crippen molar-refractivity contribution in [3.05, 3.63) is 179 Å². The van der Waals surface area contributed by atoms with Gasteiger partial charge in [-0.15, -0.1) is 0 Å². The Kier molecular flexibility index (Phi) is 5.40. The average molecular weight is 670 g/mol. The van der Waals surface area contributed by atoms with E-state index in [1.54, 1.807) is 0 Å². The van der Waals surface area contributed by atoms with Gasteiger partial charge < -0.3 is 18.6 Å². The second-order valence-electron chi connectivity index (χ2n) is 13.7. The molecule has 7 aromatic carbocycles. The van der Waals surface area contributed by atoms with Crippen LogP contribution in [0.3, 0.4) is 0 Å². The summed E-state index contributed by atoms with van der Waals surface area (Å²) >= 11 is 0. The zero-order chi connectivity index (χ0) is 34.0. The second-order valence-corrected chi connectivity index (χ2v) is 13.7. The van der Waals surface area contributed by atoms with Crippen LogP contribution in [0.5, 0.6) is 0 Å². The van der Waals surface area contributed by atoms with Gasteiger partial charge in [-0.05, 0) is 53.1 Å². The fourth-order valence-corrected chi connectivity index (χ4v) is 8.80. The third-order valence-corrected chi connectivity index (χ3v) is 11.0. The van der Waals surface area contributed by atoms with Crippen LogP contribution < -0.4 is 5.32 Å². The largest absolute Gasteiger partial charge is 0.456 e. The molecule has 2 unspecified atom stereocenters. The quantitative estimate of drug-likeness (QED) is 0.203. The zero-order valence-electron chi connectivity index (χ0n) is 27.6. The molecule has 2 bridgehead atoms. The Balaban J connectivity index is 1.23. The third kappa shape index (κ3) is 3.57. The molecule has 0 amide bonds. The first-order valence-electron chi connectivity index (χ1n) is 17.5. The summed E-state index contributed by atoms with van der Waals surface area (Å²) in [5.41, 5.74) is 9.11. The van der Waals surface area contributed by atoms with Crippen LogP contribution in [0.4, 0.5) is 0 Å². The molecule has 12 rings (SSSR count). The summed E-state index contributed by atoms with van der Waals surface area (Å²) in [6.07, 6.45) is -0.503. The summed E-state index contributed by atoms with van der Waals surface area (Å²) < 4.78 is 19.6. The topological polar surface area (TPSA) is 76.2 Å². The van der Waals surface area contributed by atoms with Gasteiger partial charge in [-0.2, -0.15) is 0 Å². The minimum atomic E-state index is -0.918. The van der Waals surface area contributed by atoms with Crippen LogP contribution in [-0.2, 0) is 5.41 Å². The number of amidine groups is 2. The highest BCUT2D eigenvalue weighted by Crippen LogP contribution is 2.50. The lowest BCUT2D eigenvalue weighted by molar-refractivity contribution is 0.611. The number of rotatable bonds is 3. The Hall–Kier alpha value is -6.92. The minimum Gasteiger partial charge on any atom is -0.456 e. The number of benzene rings is 7. The van der Waals surface area contributed by atoms with Crippen molar-refractivity contribution in [1.82, 2.24) is 5.32 Å². The molecule has 6 heteroatoms. The van der Waals surface area contributed by atoms with Crippen LogP contribution in [0.15, 0.2) is 175 Å². The maximum absolute atomic E-state index is 6.64. The van der Waals surface area contributed by atoms with Crippen molar-refractivity contribution < 1.29 is 13.3 Å². The maximum Gasteiger partial charge on any atom is 0.159 e. The van der Waals surface area contributed by atoms with Gasteiger partial charge in [0, 0.05) is 43.4 Å². The van der Waals surface area contributed by atoms with Crippen molar-refractivity contribution in [1.29, 1.82) is 0 Å². The first-order chi connectivity index (χ1) is 25.8. The van der Waals surface area contributed by atoms with Gasteiger partial charge in [0.25, 0.3) is 0 Å². The Morgan fingerprint density at radius 2 is 1.15 bits per heavy atom. The number of nitrogens with zero attached hydrogens (tertiary/aromatic N) is 2. The van der Waals surface area contributed by atoms with Crippen LogP contribution in [-0.4, -0.2) is 11.7 Å². The van der Waals surface area contributed by atoms with E-state index in [0.29, 0.717) is 5.84 Å². The molecule has 2 atom stereocenters. The van der Waals surface area contributed by atoms with Gasteiger partial charge in [0.15, 0.2) is 12.0 Å². The first kappa shape index (κ1) is 27.9. The lowest BCUT2D eigenvalue weighted by Crippen LogP contribution is -2.50. The zero-order valence-corrected chi connectivity index (χ0v) is 27.6. The molecule has 2 aliphatic rings. The SMILES string of the molecule is c1ccc(C2(c3ccc4oc5ccccc5c4c3)C3=NC(=NC(c4cccc5c4oc4ccccc45)N3)c3cccc4oc5cccc2c5c34)cc1. The number of para-hydroxylation sites is 3. The molecule has 3 aromatic heterocycles. The van der Waals surface area contributed by atoms with E-state index >= 15 is 0 Å². The molecule has 0 spiro atoms. The highest BCUT2D eigenvalue weighted by Gasteiger charge is 2.47. The Bertz CT molecular complexity index is 3180.